The molecular weight excluding hydrogens is 1120 g/mol. The lowest BCUT2D eigenvalue weighted by molar-refractivity contribution is -0.150. The molecule has 2 aliphatic carbocycles. The average Bonchev–Trinajstić information content (AvgIpc) is 4.21. The molecule has 3 N–H and O–H groups in total. The van der Waals surface area contributed by atoms with Gasteiger partial charge in [-0.25, -0.2) is 22.3 Å². The van der Waals surface area contributed by atoms with Gasteiger partial charge in [0.1, 0.15) is 51.8 Å². The summed E-state index contributed by atoms with van der Waals surface area (Å²) in [6, 6.07) is 5.12. The summed E-state index contributed by atoms with van der Waals surface area (Å²) in [5, 5.41) is 28.7. The van der Waals surface area contributed by atoms with Crippen molar-refractivity contribution in [1.29, 1.82) is 0 Å². The Morgan fingerprint density at radius 2 is 1.46 bits per heavy atom. The van der Waals surface area contributed by atoms with E-state index in [1.165, 1.54) is 32.2 Å². The SMILES string of the molecule is CC.C[C@H]1CC(F)(F)c2c1c(C(F)(F)F)nn2CC(=O)NC(Cc1cc(F)cc(F)c1)c1nc(C#CC(C)(C)S(C)=O)ccc1-c1ccc(Cl)c2c(N(C(=O)C3CC(C(=O)O)CC(C(=O)O)C3)S(C)=O)nn(CC(F)(F)F)c12. The van der Waals surface area contributed by atoms with E-state index in [2.05, 4.69) is 32.3 Å². The molecule has 2 aromatic carbocycles. The highest BCUT2D eigenvalue weighted by Gasteiger charge is 2.53. The number of nitrogens with zero attached hydrogens (tertiary/aromatic N) is 6. The molecule has 2 aliphatic rings. The standard InChI is InChI=1S/C48H44ClF10N7O8S2.C2H6/c1-22-19-46(52,53)40-35(22)39(48(57,58)59)62-64(40)20-34(67)61-33(14-23-12-27(50)18-28(51)13-23)37-30(7-6-29(60-37)10-11-45(2,3)75(4)73)31-8-9-32(49)36-38(31)65(21-47(54,55)56)63-41(36)66(76(5)74)42(68)24-15-25(43(69)70)17-26(16-24)44(71)72;1-2/h6-9,12-13,18,22,24-26,33H,14-17,19-21H2,1-5H3,(H,61,67)(H,69,70)(H,71,72);1-2H3/t22-,24?,25?,26?,33?,75?,76?;/m0./s1. The monoisotopic (exact) mass is 1170 g/mol. The number of hydrogen-bond acceptors (Lipinski definition) is 9. The number of carboxylic acids is 2. The molecule has 6 atom stereocenters. The molecule has 1 saturated carbocycles. The Morgan fingerprint density at radius 1 is 0.885 bits per heavy atom. The van der Waals surface area contributed by atoms with Crippen molar-refractivity contribution < 1.29 is 81.7 Å². The second-order valence-corrected chi connectivity index (χ2v) is 22.5. The van der Waals surface area contributed by atoms with Crippen LogP contribution in [0.5, 0.6) is 0 Å². The van der Waals surface area contributed by atoms with E-state index < -0.39 is 193 Å². The molecule has 5 unspecified atom stereocenters. The number of fused-ring (bicyclic) bond motifs is 2. The maximum absolute atomic E-state index is 15.5. The molecule has 78 heavy (non-hydrogen) atoms. The van der Waals surface area contributed by atoms with E-state index in [1.54, 1.807) is 0 Å². The van der Waals surface area contributed by atoms with Crippen LogP contribution in [-0.4, -0.2) is 90.4 Å². The fraction of sp³-hybridized carbons (Fsp3) is 0.460. The molecular formula is C50H50ClF10N7O8S2. The van der Waals surface area contributed by atoms with Gasteiger partial charge in [-0.3, -0.25) is 32.8 Å². The molecule has 2 amide bonds. The van der Waals surface area contributed by atoms with E-state index in [0.29, 0.717) is 15.1 Å². The number of aliphatic carboxylic acids is 2. The predicted molar refractivity (Wildman–Crippen MR) is 267 cm³/mol. The van der Waals surface area contributed by atoms with Crippen LogP contribution in [0.2, 0.25) is 5.02 Å². The van der Waals surface area contributed by atoms with Gasteiger partial charge in [-0.1, -0.05) is 44.4 Å². The number of pyridine rings is 1. The summed E-state index contributed by atoms with van der Waals surface area (Å²) in [5.41, 5.74) is -5.63. The number of rotatable bonds is 14. The van der Waals surface area contributed by atoms with Crippen LogP contribution in [0.1, 0.15) is 106 Å². The Morgan fingerprint density at radius 3 is 2.00 bits per heavy atom. The zero-order valence-corrected chi connectivity index (χ0v) is 44.8. The largest absolute Gasteiger partial charge is 0.481 e. The van der Waals surface area contributed by atoms with Crippen molar-refractivity contribution in [2.45, 2.75) is 115 Å². The minimum absolute atomic E-state index is 0.181. The Labute approximate surface area is 449 Å². The molecule has 0 radical (unpaired) electrons. The van der Waals surface area contributed by atoms with E-state index in [4.69, 9.17) is 11.6 Å². The number of halogens is 11. The lowest BCUT2D eigenvalue weighted by Gasteiger charge is -2.32. The second-order valence-electron chi connectivity index (χ2n) is 19.0. The summed E-state index contributed by atoms with van der Waals surface area (Å²) in [5.74, 6) is -12.4. The zero-order valence-electron chi connectivity index (χ0n) is 42.4. The first-order valence-corrected chi connectivity index (χ1v) is 27.2. The molecule has 15 nitrogen and oxygen atoms in total. The van der Waals surface area contributed by atoms with Gasteiger partial charge in [0.05, 0.1) is 39.5 Å². The number of nitrogens with one attached hydrogen (secondary N) is 1. The Bertz CT molecular complexity index is 3260. The first kappa shape index (κ1) is 60.8. The summed E-state index contributed by atoms with van der Waals surface area (Å²) in [4.78, 5) is 57.5. The fourth-order valence-corrected chi connectivity index (χ4v) is 10.7. The number of benzene rings is 2. The molecule has 3 aromatic heterocycles. The van der Waals surface area contributed by atoms with E-state index in [-0.39, 0.29) is 33.5 Å². The highest BCUT2D eigenvalue weighted by molar-refractivity contribution is 7.86. The van der Waals surface area contributed by atoms with Gasteiger partial charge in [-0.05, 0) is 87.3 Å². The first-order valence-electron chi connectivity index (χ1n) is 23.7. The third-order valence-corrected chi connectivity index (χ3v) is 15.7. The third-order valence-electron chi connectivity index (χ3n) is 13.0. The van der Waals surface area contributed by atoms with Crippen LogP contribution in [0.3, 0.4) is 0 Å². The first-order chi connectivity index (χ1) is 36.2. The van der Waals surface area contributed by atoms with Gasteiger partial charge in [0.15, 0.2) is 11.5 Å². The van der Waals surface area contributed by atoms with Gasteiger partial charge in [-0.2, -0.15) is 45.3 Å². The highest BCUT2D eigenvalue weighted by Crippen LogP contribution is 2.52. The Balaban J connectivity index is 0.00000486. The van der Waals surface area contributed by atoms with Crippen LogP contribution in [0.15, 0.2) is 42.5 Å². The number of aromatic nitrogens is 5. The number of amides is 2. The summed E-state index contributed by atoms with van der Waals surface area (Å²) in [6.45, 7) is 4.88. The van der Waals surface area contributed by atoms with Crippen LogP contribution >= 0.6 is 11.6 Å². The van der Waals surface area contributed by atoms with E-state index >= 15 is 8.78 Å². The Kier molecular flexibility index (Phi) is 18.0. The number of hydrogen-bond donors (Lipinski definition) is 3. The quantitative estimate of drug-likeness (QED) is 0.0705. The lowest BCUT2D eigenvalue weighted by Crippen LogP contribution is -2.43. The number of carbonyl (C=O) groups is 4. The lowest BCUT2D eigenvalue weighted by atomic mass is 9.74. The van der Waals surface area contributed by atoms with Crippen molar-refractivity contribution in [3.8, 4) is 23.0 Å². The summed E-state index contributed by atoms with van der Waals surface area (Å²) >= 11 is 6.75. The maximum atomic E-state index is 15.5. The smallest absolute Gasteiger partial charge is 0.435 e. The third kappa shape index (κ3) is 13.2. The van der Waals surface area contributed by atoms with E-state index in [9.17, 15) is 72.9 Å². The van der Waals surface area contributed by atoms with Crippen LogP contribution in [-0.2, 0) is 72.6 Å². The summed E-state index contributed by atoms with van der Waals surface area (Å²) in [6.07, 6.45) is -11.1. The van der Waals surface area contributed by atoms with Crippen molar-refractivity contribution in [3.63, 3.8) is 0 Å². The van der Waals surface area contributed by atoms with Gasteiger partial charge in [-0.15, -0.1) is 0 Å². The van der Waals surface area contributed by atoms with E-state index in [1.807, 2.05) is 13.8 Å². The number of anilines is 1. The molecule has 5 aromatic rings. The van der Waals surface area contributed by atoms with Crippen molar-refractivity contribution in [2.75, 3.05) is 16.8 Å². The molecule has 1 fully saturated rings. The van der Waals surface area contributed by atoms with Crippen molar-refractivity contribution >= 4 is 73.9 Å². The maximum Gasteiger partial charge on any atom is 0.435 e. The second kappa shape index (κ2) is 23.1. The summed E-state index contributed by atoms with van der Waals surface area (Å²) < 4.78 is 174. The van der Waals surface area contributed by atoms with Gasteiger partial charge in [0.25, 0.3) is 5.92 Å². The fourth-order valence-electron chi connectivity index (χ4n) is 9.46. The van der Waals surface area contributed by atoms with Crippen molar-refractivity contribution in [1.82, 2.24) is 29.9 Å². The van der Waals surface area contributed by atoms with Crippen LogP contribution in [0.25, 0.3) is 22.0 Å². The minimum Gasteiger partial charge on any atom is -0.481 e. The normalized spacial score (nSPS) is 19.4. The summed E-state index contributed by atoms with van der Waals surface area (Å²) in [7, 11) is -4.14. The molecule has 0 spiro atoms. The zero-order chi connectivity index (χ0) is 58.3. The number of alkyl halides is 8. The van der Waals surface area contributed by atoms with Crippen LogP contribution in [0, 0.1) is 41.2 Å². The Hall–Kier alpha value is -6.40. The topological polar surface area (TPSA) is 207 Å². The van der Waals surface area contributed by atoms with E-state index in [0.717, 1.165) is 37.4 Å². The molecule has 422 valence electrons. The highest BCUT2D eigenvalue weighted by atomic mass is 35.5. The van der Waals surface area contributed by atoms with Crippen LogP contribution < -0.4 is 9.62 Å². The van der Waals surface area contributed by atoms with Crippen molar-refractivity contribution in [2.24, 2.45) is 17.8 Å². The van der Waals surface area contributed by atoms with Crippen molar-refractivity contribution in [3.05, 3.63) is 93.0 Å². The van der Waals surface area contributed by atoms with Crippen LogP contribution in [0.4, 0.5) is 49.7 Å². The molecule has 28 heteroatoms. The number of carbonyl (C=O) groups excluding carboxylic acids is 2. The van der Waals surface area contributed by atoms with Gasteiger partial charge in [0, 0.05) is 58.4 Å². The molecule has 3 heterocycles. The predicted octanol–water partition coefficient (Wildman–Crippen LogP) is 9.87. The van der Waals surface area contributed by atoms with Gasteiger partial charge in [0.2, 0.25) is 11.8 Å². The average molecular weight is 1170 g/mol. The number of carboxylic acid groups (broad SMARTS) is 2. The molecule has 0 bridgehead atoms. The van der Waals surface area contributed by atoms with Gasteiger partial charge < -0.3 is 15.5 Å². The molecule has 0 saturated heterocycles. The van der Waals surface area contributed by atoms with Gasteiger partial charge >= 0.3 is 24.3 Å². The molecule has 0 aliphatic heterocycles. The minimum atomic E-state index is -5.24. The molecule has 7 rings (SSSR count).